The molecule has 1 heterocycles. The van der Waals surface area contributed by atoms with Crippen LogP contribution in [0.3, 0.4) is 0 Å². The second kappa shape index (κ2) is 6.07. The minimum Gasteiger partial charge on any atom is -0.306 e. The molecule has 0 saturated carbocycles. The molecular formula is C16H17Cl2NS. The standard InChI is InChI=1S/C16H17Cl2NS/c1-2-19-16(11-6-4-7-12(17)15(11)18)14-9-10-5-3-8-13(10)20-14/h4,6-7,9,16,19H,2-3,5,8H2,1H3. The molecular weight excluding hydrogens is 309 g/mol. The van der Waals surface area contributed by atoms with Gasteiger partial charge >= 0.3 is 0 Å². The maximum absolute atomic E-state index is 6.40. The van der Waals surface area contributed by atoms with E-state index in [1.165, 1.54) is 29.7 Å². The van der Waals surface area contributed by atoms with E-state index in [0.717, 1.165) is 12.1 Å². The highest BCUT2D eigenvalue weighted by molar-refractivity contribution is 7.12. The molecule has 0 amide bonds. The van der Waals surface area contributed by atoms with Gasteiger partial charge in [0.15, 0.2) is 0 Å². The number of hydrogen-bond acceptors (Lipinski definition) is 2. The van der Waals surface area contributed by atoms with Gasteiger partial charge in [-0.25, -0.2) is 0 Å². The van der Waals surface area contributed by atoms with Crippen LogP contribution >= 0.6 is 34.5 Å². The molecule has 0 fully saturated rings. The summed E-state index contributed by atoms with van der Waals surface area (Å²) in [6.45, 7) is 3.02. The number of nitrogens with one attached hydrogen (secondary N) is 1. The molecule has 3 rings (SSSR count). The molecule has 1 N–H and O–H groups in total. The van der Waals surface area contributed by atoms with Gasteiger partial charge in [0.25, 0.3) is 0 Å². The van der Waals surface area contributed by atoms with Gasteiger partial charge in [0.05, 0.1) is 16.1 Å². The minimum atomic E-state index is 0.141. The Morgan fingerprint density at radius 1 is 1.30 bits per heavy atom. The Kier molecular flexibility index (Phi) is 4.37. The van der Waals surface area contributed by atoms with Gasteiger partial charge in [0.2, 0.25) is 0 Å². The molecule has 1 aromatic heterocycles. The molecule has 0 radical (unpaired) electrons. The Labute approximate surface area is 133 Å². The number of rotatable bonds is 4. The van der Waals surface area contributed by atoms with E-state index in [1.807, 2.05) is 23.5 Å². The van der Waals surface area contributed by atoms with Crippen molar-refractivity contribution >= 4 is 34.5 Å². The molecule has 1 unspecified atom stereocenters. The van der Waals surface area contributed by atoms with Gasteiger partial charge in [0, 0.05) is 9.75 Å². The second-order valence-corrected chi connectivity index (χ2v) is 7.04. The number of hydrogen-bond donors (Lipinski definition) is 1. The first-order valence-corrected chi connectivity index (χ1v) is 8.56. The van der Waals surface area contributed by atoms with Crippen LogP contribution < -0.4 is 5.32 Å². The normalized spacial score (nSPS) is 15.3. The molecule has 0 aliphatic heterocycles. The lowest BCUT2D eigenvalue weighted by atomic mass is 10.0. The molecule has 1 aromatic carbocycles. The van der Waals surface area contributed by atoms with Gasteiger partial charge in [0.1, 0.15) is 0 Å². The van der Waals surface area contributed by atoms with Gasteiger partial charge in [-0.15, -0.1) is 11.3 Å². The first-order valence-electron chi connectivity index (χ1n) is 6.99. The summed E-state index contributed by atoms with van der Waals surface area (Å²) in [5.74, 6) is 0. The van der Waals surface area contributed by atoms with Crippen LogP contribution in [0.4, 0.5) is 0 Å². The molecule has 20 heavy (non-hydrogen) atoms. The van der Waals surface area contributed by atoms with Crippen LogP contribution in [0.25, 0.3) is 0 Å². The van der Waals surface area contributed by atoms with Crippen molar-refractivity contribution in [2.45, 2.75) is 32.2 Å². The van der Waals surface area contributed by atoms with Crippen molar-refractivity contribution in [1.29, 1.82) is 0 Å². The number of benzene rings is 1. The summed E-state index contributed by atoms with van der Waals surface area (Å²) in [6.07, 6.45) is 3.74. The van der Waals surface area contributed by atoms with Gasteiger partial charge in [-0.1, -0.05) is 42.3 Å². The lowest BCUT2D eigenvalue weighted by molar-refractivity contribution is 0.639. The molecule has 106 valence electrons. The van der Waals surface area contributed by atoms with E-state index < -0.39 is 0 Å². The summed E-state index contributed by atoms with van der Waals surface area (Å²) in [6, 6.07) is 8.35. The van der Waals surface area contributed by atoms with Gasteiger partial charge < -0.3 is 5.32 Å². The number of fused-ring (bicyclic) bond motifs is 1. The number of halogens is 2. The van der Waals surface area contributed by atoms with E-state index in [2.05, 4.69) is 24.4 Å². The zero-order valence-corrected chi connectivity index (χ0v) is 13.7. The van der Waals surface area contributed by atoms with Crippen LogP contribution in [0.15, 0.2) is 24.3 Å². The highest BCUT2D eigenvalue weighted by Gasteiger charge is 2.23. The Balaban J connectivity index is 2.01. The monoisotopic (exact) mass is 325 g/mol. The number of thiophene rings is 1. The first-order chi connectivity index (χ1) is 9.70. The van der Waals surface area contributed by atoms with Crippen molar-refractivity contribution in [1.82, 2.24) is 5.32 Å². The fourth-order valence-corrected chi connectivity index (χ4v) is 4.57. The third-order valence-electron chi connectivity index (χ3n) is 3.75. The van der Waals surface area contributed by atoms with Crippen LogP contribution in [0.5, 0.6) is 0 Å². The van der Waals surface area contributed by atoms with E-state index in [1.54, 1.807) is 4.88 Å². The van der Waals surface area contributed by atoms with E-state index >= 15 is 0 Å². The molecule has 2 aromatic rings. The summed E-state index contributed by atoms with van der Waals surface area (Å²) in [7, 11) is 0. The zero-order chi connectivity index (χ0) is 14.1. The Hall–Kier alpha value is -0.540. The third kappa shape index (κ3) is 2.62. The molecule has 1 aliphatic carbocycles. The van der Waals surface area contributed by atoms with Crippen molar-refractivity contribution in [3.05, 3.63) is 55.2 Å². The maximum Gasteiger partial charge on any atom is 0.0686 e. The van der Waals surface area contributed by atoms with Gasteiger partial charge in [-0.05, 0) is 49.1 Å². The Morgan fingerprint density at radius 3 is 2.90 bits per heavy atom. The summed E-state index contributed by atoms with van der Waals surface area (Å²) < 4.78 is 0. The van der Waals surface area contributed by atoms with E-state index in [9.17, 15) is 0 Å². The summed E-state index contributed by atoms with van der Waals surface area (Å²) in [4.78, 5) is 2.89. The molecule has 1 nitrogen and oxygen atoms in total. The number of aryl methyl sites for hydroxylation is 2. The largest absolute Gasteiger partial charge is 0.306 e. The zero-order valence-electron chi connectivity index (χ0n) is 11.4. The van der Waals surface area contributed by atoms with Crippen LogP contribution in [0, 0.1) is 0 Å². The topological polar surface area (TPSA) is 12.0 Å². The summed E-state index contributed by atoms with van der Waals surface area (Å²) in [5, 5.41) is 4.82. The van der Waals surface area contributed by atoms with Crippen molar-refractivity contribution in [2.75, 3.05) is 6.54 Å². The predicted octanol–water partition coefficient (Wildman–Crippen LogP) is 5.24. The lowest BCUT2D eigenvalue weighted by Crippen LogP contribution is -2.21. The van der Waals surface area contributed by atoms with E-state index in [4.69, 9.17) is 23.2 Å². The van der Waals surface area contributed by atoms with Gasteiger partial charge in [-0.2, -0.15) is 0 Å². The smallest absolute Gasteiger partial charge is 0.0686 e. The molecule has 1 aliphatic rings. The van der Waals surface area contributed by atoms with E-state index in [0.29, 0.717) is 10.0 Å². The molecule has 0 saturated heterocycles. The average molecular weight is 326 g/mol. The van der Waals surface area contributed by atoms with Crippen molar-refractivity contribution in [3.63, 3.8) is 0 Å². The van der Waals surface area contributed by atoms with Crippen LogP contribution in [-0.2, 0) is 12.8 Å². The molecule has 0 spiro atoms. The van der Waals surface area contributed by atoms with Crippen LogP contribution in [0.1, 0.15) is 40.3 Å². The summed E-state index contributed by atoms with van der Waals surface area (Å²) >= 11 is 14.5. The average Bonchev–Trinajstić information content (AvgIpc) is 3.00. The van der Waals surface area contributed by atoms with Crippen molar-refractivity contribution in [3.8, 4) is 0 Å². The lowest BCUT2D eigenvalue weighted by Gasteiger charge is -2.19. The molecule has 1 atom stereocenters. The highest BCUT2D eigenvalue weighted by atomic mass is 35.5. The molecule has 0 bridgehead atoms. The maximum atomic E-state index is 6.40. The second-order valence-electron chi connectivity index (χ2n) is 5.08. The van der Waals surface area contributed by atoms with Crippen molar-refractivity contribution in [2.24, 2.45) is 0 Å². The molecule has 4 heteroatoms. The fraction of sp³-hybridized carbons (Fsp3) is 0.375. The highest BCUT2D eigenvalue weighted by Crippen LogP contribution is 2.39. The summed E-state index contributed by atoms with van der Waals surface area (Å²) in [5.41, 5.74) is 2.59. The Bertz CT molecular complexity index is 599. The van der Waals surface area contributed by atoms with Gasteiger partial charge in [-0.3, -0.25) is 0 Å². The quantitative estimate of drug-likeness (QED) is 0.810. The third-order valence-corrected chi connectivity index (χ3v) is 5.89. The fourth-order valence-electron chi connectivity index (χ4n) is 2.81. The SMILES string of the molecule is CCNC(c1cc2c(s1)CCC2)c1cccc(Cl)c1Cl. The van der Waals surface area contributed by atoms with Crippen LogP contribution in [-0.4, -0.2) is 6.54 Å². The minimum absolute atomic E-state index is 0.141. The first kappa shape index (κ1) is 14.4. The van der Waals surface area contributed by atoms with Crippen molar-refractivity contribution < 1.29 is 0 Å². The van der Waals surface area contributed by atoms with Crippen LogP contribution in [0.2, 0.25) is 10.0 Å². The Morgan fingerprint density at radius 2 is 2.15 bits per heavy atom. The predicted molar refractivity (Wildman–Crippen MR) is 88.3 cm³/mol. The van der Waals surface area contributed by atoms with E-state index in [-0.39, 0.29) is 6.04 Å².